The molecule has 1 fully saturated rings. The fraction of sp³-hybridized carbons (Fsp3) is 0.588. The van der Waals surface area contributed by atoms with Gasteiger partial charge in [0.1, 0.15) is 0 Å². The molecule has 2 atom stereocenters. The number of aliphatic hydroxyl groups is 1. The molecular formula is C17H25N5O3. The first-order valence-electron chi connectivity index (χ1n) is 8.66. The average Bonchev–Trinajstić information content (AvgIpc) is 2.97. The van der Waals surface area contributed by atoms with E-state index in [1.165, 1.54) is 16.8 Å². The highest BCUT2D eigenvalue weighted by molar-refractivity contribution is 5.05. The van der Waals surface area contributed by atoms with Gasteiger partial charge in [0.2, 0.25) is 0 Å². The van der Waals surface area contributed by atoms with Crippen LogP contribution in [0.3, 0.4) is 0 Å². The first-order chi connectivity index (χ1) is 11.9. The van der Waals surface area contributed by atoms with Gasteiger partial charge in [0.25, 0.3) is 5.56 Å². The topological polar surface area (TPSA) is 96.1 Å². The van der Waals surface area contributed by atoms with Gasteiger partial charge < -0.3 is 5.11 Å². The van der Waals surface area contributed by atoms with Crippen molar-refractivity contribution in [1.82, 2.24) is 24.2 Å². The third-order valence-electron chi connectivity index (χ3n) is 4.82. The number of aryl methyl sites for hydroxylation is 1. The summed E-state index contributed by atoms with van der Waals surface area (Å²) in [6, 6.07) is 0.891. The van der Waals surface area contributed by atoms with E-state index in [1.807, 2.05) is 17.1 Å². The fourth-order valence-corrected chi connectivity index (χ4v) is 3.39. The molecule has 8 heteroatoms. The lowest BCUT2D eigenvalue weighted by Crippen LogP contribution is -2.53. The monoisotopic (exact) mass is 347 g/mol. The molecule has 2 aromatic rings. The largest absolute Gasteiger partial charge is 0.388 e. The van der Waals surface area contributed by atoms with E-state index in [-0.39, 0.29) is 0 Å². The van der Waals surface area contributed by atoms with E-state index in [0.717, 1.165) is 25.1 Å². The lowest BCUT2D eigenvalue weighted by Gasteiger charge is -2.43. The van der Waals surface area contributed by atoms with E-state index in [0.29, 0.717) is 19.5 Å². The number of piperidine rings is 1. The minimum absolute atomic E-state index is 0.420. The first kappa shape index (κ1) is 17.6. The molecule has 8 nitrogen and oxygen atoms in total. The molecule has 2 aromatic heterocycles. The second-order valence-electron chi connectivity index (χ2n) is 6.99. The molecular weight excluding hydrogens is 322 g/mol. The number of nitrogens with zero attached hydrogens (tertiary/aromatic N) is 4. The van der Waals surface area contributed by atoms with Crippen LogP contribution >= 0.6 is 0 Å². The van der Waals surface area contributed by atoms with E-state index >= 15 is 0 Å². The number of hydrogen-bond donors (Lipinski definition) is 2. The summed E-state index contributed by atoms with van der Waals surface area (Å²) in [6.07, 6.45) is 6.95. The Hall–Kier alpha value is -2.19. The zero-order valence-electron chi connectivity index (χ0n) is 14.7. The summed E-state index contributed by atoms with van der Waals surface area (Å²) < 4.78 is 3.35. The van der Waals surface area contributed by atoms with Gasteiger partial charge in [-0.25, -0.2) is 4.79 Å². The molecule has 3 heterocycles. The SMILES string of the molecule is CCCn1cc(CN2CC[C@@](C)(O)[C@H](n3ccc(=O)[nH]c3=O)C2)cn1. The fourth-order valence-electron chi connectivity index (χ4n) is 3.39. The Morgan fingerprint density at radius 2 is 2.24 bits per heavy atom. The molecule has 0 amide bonds. The smallest absolute Gasteiger partial charge is 0.328 e. The Bertz CT molecular complexity index is 835. The predicted octanol–water partition coefficient (Wildman–Crippen LogP) is 0.341. The van der Waals surface area contributed by atoms with Crippen molar-refractivity contribution >= 4 is 0 Å². The van der Waals surface area contributed by atoms with Crippen LogP contribution in [0.25, 0.3) is 0 Å². The normalized spacial score (nSPS) is 24.5. The number of H-pyrrole nitrogens is 1. The molecule has 1 aliphatic rings. The van der Waals surface area contributed by atoms with Gasteiger partial charge >= 0.3 is 5.69 Å². The molecule has 0 radical (unpaired) electrons. The Morgan fingerprint density at radius 1 is 1.44 bits per heavy atom. The maximum absolute atomic E-state index is 12.1. The first-order valence-corrected chi connectivity index (χ1v) is 8.66. The molecule has 2 N–H and O–H groups in total. The summed E-state index contributed by atoms with van der Waals surface area (Å²) >= 11 is 0. The maximum atomic E-state index is 12.1. The number of hydrogen-bond acceptors (Lipinski definition) is 5. The Morgan fingerprint density at radius 3 is 2.96 bits per heavy atom. The molecule has 0 spiro atoms. The lowest BCUT2D eigenvalue weighted by atomic mass is 9.88. The van der Waals surface area contributed by atoms with Gasteiger partial charge in [0, 0.05) is 50.2 Å². The summed E-state index contributed by atoms with van der Waals surface area (Å²) in [7, 11) is 0. The van der Waals surface area contributed by atoms with Crippen molar-refractivity contribution in [3.8, 4) is 0 Å². The van der Waals surface area contributed by atoms with Crippen LogP contribution in [0.5, 0.6) is 0 Å². The van der Waals surface area contributed by atoms with E-state index in [2.05, 4.69) is 21.9 Å². The Labute approximate surface area is 145 Å². The van der Waals surface area contributed by atoms with Crippen LogP contribution in [0.2, 0.25) is 0 Å². The molecule has 1 aliphatic heterocycles. The maximum Gasteiger partial charge on any atom is 0.328 e. The number of rotatable bonds is 5. The summed E-state index contributed by atoms with van der Waals surface area (Å²) in [6.45, 7) is 6.73. The van der Waals surface area contributed by atoms with Crippen LogP contribution in [0.1, 0.15) is 38.3 Å². The zero-order valence-corrected chi connectivity index (χ0v) is 14.7. The summed E-state index contributed by atoms with van der Waals surface area (Å²) in [5, 5.41) is 15.1. The lowest BCUT2D eigenvalue weighted by molar-refractivity contribution is -0.0542. The molecule has 0 saturated carbocycles. The van der Waals surface area contributed by atoms with Crippen LogP contribution in [0, 0.1) is 0 Å². The van der Waals surface area contributed by atoms with Gasteiger partial charge in [-0.15, -0.1) is 0 Å². The van der Waals surface area contributed by atoms with Gasteiger partial charge in [-0.2, -0.15) is 5.10 Å². The molecule has 3 rings (SSSR count). The minimum atomic E-state index is -1.01. The molecule has 0 aromatic carbocycles. The average molecular weight is 347 g/mol. The van der Waals surface area contributed by atoms with Gasteiger partial charge in [-0.05, 0) is 19.8 Å². The number of nitrogens with one attached hydrogen (secondary N) is 1. The van der Waals surface area contributed by atoms with Gasteiger partial charge in [0.05, 0.1) is 17.8 Å². The highest BCUT2D eigenvalue weighted by Crippen LogP contribution is 2.31. The van der Waals surface area contributed by atoms with Gasteiger partial charge in [-0.1, -0.05) is 6.92 Å². The van der Waals surface area contributed by atoms with E-state index in [1.54, 1.807) is 6.92 Å². The molecule has 0 aliphatic carbocycles. The Balaban J connectivity index is 1.78. The van der Waals surface area contributed by atoms with Crippen molar-refractivity contribution in [2.75, 3.05) is 13.1 Å². The number of aromatic nitrogens is 4. The van der Waals surface area contributed by atoms with Crippen molar-refractivity contribution in [3.05, 3.63) is 51.1 Å². The van der Waals surface area contributed by atoms with Crippen molar-refractivity contribution < 1.29 is 5.11 Å². The second kappa shape index (κ2) is 6.97. The highest BCUT2D eigenvalue weighted by Gasteiger charge is 2.39. The molecule has 25 heavy (non-hydrogen) atoms. The van der Waals surface area contributed by atoms with Crippen LogP contribution in [0.4, 0.5) is 0 Å². The van der Waals surface area contributed by atoms with Crippen LogP contribution in [0.15, 0.2) is 34.2 Å². The van der Waals surface area contributed by atoms with E-state index < -0.39 is 22.9 Å². The van der Waals surface area contributed by atoms with Crippen LogP contribution in [-0.4, -0.2) is 48.0 Å². The van der Waals surface area contributed by atoms with Gasteiger partial charge in [0.15, 0.2) is 0 Å². The van der Waals surface area contributed by atoms with E-state index in [4.69, 9.17) is 0 Å². The molecule has 0 unspecified atom stereocenters. The predicted molar refractivity (Wildman–Crippen MR) is 93.4 cm³/mol. The number of aromatic amines is 1. The zero-order chi connectivity index (χ0) is 18.0. The summed E-state index contributed by atoms with van der Waals surface area (Å²) in [5.74, 6) is 0. The number of likely N-dealkylation sites (tertiary alicyclic amines) is 1. The van der Waals surface area contributed by atoms with Crippen molar-refractivity contribution in [1.29, 1.82) is 0 Å². The van der Waals surface area contributed by atoms with Crippen molar-refractivity contribution in [2.24, 2.45) is 0 Å². The van der Waals surface area contributed by atoms with Crippen molar-refractivity contribution in [3.63, 3.8) is 0 Å². The van der Waals surface area contributed by atoms with Crippen LogP contribution in [-0.2, 0) is 13.1 Å². The third kappa shape index (κ3) is 3.91. The van der Waals surface area contributed by atoms with Crippen LogP contribution < -0.4 is 11.2 Å². The second-order valence-corrected chi connectivity index (χ2v) is 6.99. The molecule has 0 bridgehead atoms. The standard InChI is InChI=1S/C17H25N5O3/c1-3-6-21-11-13(9-18-21)10-20-8-5-17(2,25)14(12-20)22-7-4-15(23)19-16(22)24/h4,7,9,11,14,25H,3,5-6,8,10,12H2,1-2H3,(H,19,23,24)/t14-,17-/m1/s1. The Kier molecular flexibility index (Phi) is 4.91. The summed E-state index contributed by atoms with van der Waals surface area (Å²) in [4.78, 5) is 27.9. The van der Waals surface area contributed by atoms with E-state index in [9.17, 15) is 14.7 Å². The molecule has 1 saturated heterocycles. The van der Waals surface area contributed by atoms with Gasteiger partial charge in [-0.3, -0.25) is 23.9 Å². The quantitative estimate of drug-likeness (QED) is 0.813. The van der Waals surface area contributed by atoms with Crippen molar-refractivity contribution in [2.45, 2.75) is 51.4 Å². The summed E-state index contributed by atoms with van der Waals surface area (Å²) in [5.41, 5.74) is -0.819. The minimum Gasteiger partial charge on any atom is -0.388 e. The highest BCUT2D eigenvalue weighted by atomic mass is 16.3. The molecule has 136 valence electrons. The third-order valence-corrected chi connectivity index (χ3v) is 4.82.